The van der Waals surface area contributed by atoms with E-state index in [1.807, 2.05) is 0 Å². The summed E-state index contributed by atoms with van der Waals surface area (Å²) in [6.07, 6.45) is -4.17. The molecule has 1 aliphatic heterocycles. The van der Waals surface area contributed by atoms with Gasteiger partial charge in [0.15, 0.2) is 21.3 Å². The Balaban J connectivity index is 1.96. The topological polar surface area (TPSA) is 116 Å². The summed E-state index contributed by atoms with van der Waals surface area (Å²) in [5.74, 6) is -1.59. The van der Waals surface area contributed by atoms with Gasteiger partial charge in [-0.1, -0.05) is 0 Å². The summed E-state index contributed by atoms with van der Waals surface area (Å²) < 4.78 is 68.4. The Morgan fingerprint density at radius 3 is 2.46 bits per heavy atom. The number of halogens is 3. The third kappa shape index (κ3) is 3.19. The van der Waals surface area contributed by atoms with Gasteiger partial charge in [0.25, 0.3) is 5.91 Å². The molecule has 1 aliphatic rings. The third-order valence-corrected chi connectivity index (χ3v) is 7.33. The van der Waals surface area contributed by atoms with Gasteiger partial charge < -0.3 is 10.1 Å². The SMILES string of the molecule is COc1ccc(-n2ncc(C(=O)NC3CS(=O)(=O)C3(C)C)c2C(F)(F)F)nn1. The molecule has 2 aromatic heterocycles. The fraction of sp³-hybridized carbons (Fsp3) is 0.467. The van der Waals surface area contributed by atoms with E-state index in [9.17, 15) is 26.4 Å². The summed E-state index contributed by atoms with van der Waals surface area (Å²) in [6, 6.07) is 1.69. The molecule has 13 heteroatoms. The fourth-order valence-corrected chi connectivity index (χ4v) is 4.35. The second-order valence-corrected chi connectivity index (χ2v) is 9.28. The summed E-state index contributed by atoms with van der Waals surface area (Å²) in [5.41, 5.74) is -2.09. The molecule has 1 amide bonds. The molecule has 2 aromatic rings. The summed E-state index contributed by atoms with van der Waals surface area (Å²) >= 11 is 0. The number of alkyl halides is 3. The van der Waals surface area contributed by atoms with Crippen LogP contribution in [0, 0.1) is 0 Å². The second-order valence-electron chi connectivity index (χ2n) is 6.66. The zero-order chi connectivity index (χ0) is 20.9. The van der Waals surface area contributed by atoms with Crippen molar-refractivity contribution in [1.82, 2.24) is 25.3 Å². The second kappa shape index (κ2) is 6.43. The van der Waals surface area contributed by atoms with Gasteiger partial charge >= 0.3 is 6.18 Å². The highest BCUT2D eigenvalue weighted by Crippen LogP contribution is 2.36. The van der Waals surface area contributed by atoms with E-state index in [1.54, 1.807) is 0 Å². The Hall–Kier alpha value is -2.70. The van der Waals surface area contributed by atoms with Gasteiger partial charge in [-0.25, -0.2) is 13.1 Å². The highest BCUT2D eigenvalue weighted by Gasteiger charge is 2.54. The van der Waals surface area contributed by atoms with Gasteiger partial charge in [-0.3, -0.25) is 4.79 Å². The number of amides is 1. The van der Waals surface area contributed by atoms with Crippen molar-refractivity contribution in [1.29, 1.82) is 0 Å². The molecule has 28 heavy (non-hydrogen) atoms. The Morgan fingerprint density at radius 1 is 1.32 bits per heavy atom. The van der Waals surface area contributed by atoms with Crippen molar-refractivity contribution < 1.29 is 31.1 Å². The number of sulfone groups is 1. The lowest BCUT2D eigenvalue weighted by Crippen LogP contribution is -2.66. The number of carbonyl (C=O) groups is 1. The first-order chi connectivity index (χ1) is 12.9. The molecule has 3 heterocycles. The summed E-state index contributed by atoms with van der Waals surface area (Å²) in [7, 11) is -2.08. The highest BCUT2D eigenvalue weighted by atomic mass is 32.2. The van der Waals surface area contributed by atoms with E-state index in [0.29, 0.717) is 4.68 Å². The molecular formula is C15H16F3N5O4S. The summed E-state index contributed by atoms with van der Waals surface area (Å²) in [5, 5.41) is 13.2. The average Bonchev–Trinajstić information content (AvgIpc) is 3.06. The normalized spacial score (nSPS) is 20.3. The number of aromatic nitrogens is 4. The van der Waals surface area contributed by atoms with Gasteiger partial charge in [0.1, 0.15) is 0 Å². The molecular weight excluding hydrogens is 403 g/mol. The smallest absolute Gasteiger partial charge is 0.434 e. The number of methoxy groups -OCH3 is 1. The van der Waals surface area contributed by atoms with Crippen LogP contribution in [0.4, 0.5) is 13.2 Å². The third-order valence-electron chi connectivity index (χ3n) is 4.67. The van der Waals surface area contributed by atoms with E-state index in [2.05, 4.69) is 20.6 Å². The van der Waals surface area contributed by atoms with E-state index >= 15 is 0 Å². The largest absolute Gasteiger partial charge is 0.480 e. The molecule has 1 atom stereocenters. The Labute approximate surface area is 157 Å². The molecule has 0 saturated carbocycles. The van der Waals surface area contributed by atoms with Gasteiger partial charge in [-0.2, -0.15) is 18.3 Å². The quantitative estimate of drug-likeness (QED) is 0.786. The summed E-state index contributed by atoms with van der Waals surface area (Å²) in [4.78, 5) is 12.4. The van der Waals surface area contributed by atoms with E-state index in [0.717, 1.165) is 6.20 Å². The van der Waals surface area contributed by atoms with Gasteiger partial charge in [-0.15, -0.1) is 10.2 Å². The predicted molar refractivity (Wildman–Crippen MR) is 89.8 cm³/mol. The van der Waals surface area contributed by atoms with Gasteiger partial charge in [0, 0.05) is 6.07 Å². The monoisotopic (exact) mass is 419 g/mol. The van der Waals surface area contributed by atoms with Gasteiger partial charge in [-0.05, 0) is 19.9 Å². The first-order valence-electron chi connectivity index (χ1n) is 7.95. The molecule has 9 nitrogen and oxygen atoms in total. The van der Waals surface area contributed by atoms with Crippen molar-refractivity contribution in [3.8, 4) is 11.7 Å². The van der Waals surface area contributed by atoms with E-state index in [1.165, 1.54) is 33.1 Å². The molecule has 0 radical (unpaired) electrons. The molecule has 3 rings (SSSR count). The van der Waals surface area contributed by atoms with Crippen molar-refractivity contribution in [2.24, 2.45) is 0 Å². The Morgan fingerprint density at radius 2 is 2.00 bits per heavy atom. The molecule has 0 aliphatic carbocycles. The number of hydrogen-bond donors (Lipinski definition) is 1. The van der Waals surface area contributed by atoms with Crippen LogP contribution in [0.5, 0.6) is 5.88 Å². The lowest BCUT2D eigenvalue weighted by atomic mass is 10.0. The molecule has 152 valence electrons. The molecule has 1 N–H and O–H groups in total. The minimum Gasteiger partial charge on any atom is -0.480 e. The number of nitrogens with zero attached hydrogens (tertiary/aromatic N) is 4. The zero-order valence-electron chi connectivity index (χ0n) is 15.0. The number of hydrogen-bond acceptors (Lipinski definition) is 7. The maximum absolute atomic E-state index is 13.6. The van der Waals surface area contributed by atoms with Crippen LogP contribution < -0.4 is 10.1 Å². The van der Waals surface area contributed by atoms with Crippen LogP contribution in [0.15, 0.2) is 18.3 Å². The van der Waals surface area contributed by atoms with Crippen LogP contribution in [-0.4, -0.2) is 58.0 Å². The van der Waals surface area contributed by atoms with Crippen molar-refractivity contribution in [2.75, 3.05) is 12.9 Å². The lowest BCUT2D eigenvalue weighted by molar-refractivity contribution is -0.143. The van der Waals surface area contributed by atoms with Crippen LogP contribution in [-0.2, 0) is 16.0 Å². The molecule has 1 saturated heterocycles. The summed E-state index contributed by atoms with van der Waals surface area (Å²) in [6.45, 7) is 2.80. The molecule has 0 bridgehead atoms. The van der Waals surface area contributed by atoms with E-state index < -0.39 is 44.0 Å². The van der Waals surface area contributed by atoms with Crippen LogP contribution in [0.3, 0.4) is 0 Å². The first-order valence-corrected chi connectivity index (χ1v) is 9.60. The van der Waals surface area contributed by atoms with Crippen LogP contribution in [0.1, 0.15) is 29.9 Å². The van der Waals surface area contributed by atoms with Crippen LogP contribution in [0.2, 0.25) is 0 Å². The maximum Gasteiger partial charge on any atom is 0.434 e. The Bertz CT molecular complexity index is 1020. The number of rotatable bonds is 4. The first kappa shape index (κ1) is 20.0. The molecule has 0 spiro atoms. The zero-order valence-corrected chi connectivity index (χ0v) is 15.8. The molecule has 0 aromatic carbocycles. The standard InChI is InChI=1S/C15H16F3N5O4S/c1-14(2)9(7-28(14,25)26)20-13(24)8-6-19-23(12(8)15(16,17)18)10-4-5-11(27-3)22-21-10/h4-6,9H,7H2,1-3H3,(H,20,24). The highest BCUT2D eigenvalue weighted by molar-refractivity contribution is 7.94. The Kier molecular flexibility index (Phi) is 4.60. The van der Waals surface area contributed by atoms with Crippen molar-refractivity contribution in [3.05, 3.63) is 29.6 Å². The van der Waals surface area contributed by atoms with Crippen LogP contribution >= 0.6 is 0 Å². The fourth-order valence-electron chi connectivity index (χ4n) is 2.70. The van der Waals surface area contributed by atoms with Crippen molar-refractivity contribution in [3.63, 3.8) is 0 Å². The number of nitrogens with one attached hydrogen (secondary N) is 1. The van der Waals surface area contributed by atoms with E-state index in [-0.39, 0.29) is 17.5 Å². The predicted octanol–water partition coefficient (Wildman–Crippen LogP) is 0.995. The van der Waals surface area contributed by atoms with Crippen molar-refractivity contribution in [2.45, 2.75) is 30.8 Å². The number of ether oxygens (including phenoxy) is 1. The van der Waals surface area contributed by atoms with Gasteiger partial charge in [0.05, 0.1) is 35.4 Å². The van der Waals surface area contributed by atoms with Crippen molar-refractivity contribution >= 4 is 15.7 Å². The minimum absolute atomic E-state index is 0.0934. The van der Waals surface area contributed by atoms with E-state index in [4.69, 9.17) is 4.74 Å². The lowest BCUT2D eigenvalue weighted by Gasteiger charge is -2.43. The average molecular weight is 419 g/mol. The van der Waals surface area contributed by atoms with Gasteiger partial charge in [0.2, 0.25) is 5.88 Å². The molecule has 1 fully saturated rings. The molecule has 1 unspecified atom stereocenters. The number of carbonyl (C=O) groups excluding carboxylic acids is 1. The van der Waals surface area contributed by atoms with Crippen LogP contribution in [0.25, 0.3) is 5.82 Å². The maximum atomic E-state index is 13.6. The minimum atomic E-state index is -4.92.